The fraction of sp³-hybridized carbons (Fsp3) is 0.421. The Balaban J connectivity index is 1.62. The van der Waals surface area contributed by atoms with Crippen molar-refractivity contribution < 1.29 is 14.3 Å². The van der Waals surface area contributed by atoms with Gasteiger partial charge in [0.1, 0.15) is 17.4 Å². The number of morpholine rings is 1. The minimum atomic E-state index is -0.0903. The van der Waals surface area contributed by atoms with Gasteiger partial charge in [-0.3, -0.25) is 4.79 Å². The molecule has 1 aromatic heterocycles. The van der Waals surface area contributed by atoms with Crippen molar-refractivity contribution >= 4 is 11.7 Å². The Bertz CT molecular complexity index is 760. The summed E-state index contributed by atoms with van der Waals surface area (Å²) in [6.45, 7) is 5.27. The number of aryl methyl sites for hydroxylation is 1. The first-order valence-corrected chi connectivity index (χ1v) is 8.71. The van der Waals surface area contributed by atoms with Crippen LogP contribution in [0, 0.1) is 6.92 Å². The highest BCUT2D eigenvalue weighted by atomic mass is 16.5. The summed E-state index contributed by atoms with van der Waals surface area (Å²) in [6.07, 6.45) is 0.256. The lowest BCUT2D eigenvalue weighted by atomic mass is 10.1. The van der Waals surface area contributed by atoms with Gasteiger partial charge < -0.3 is 19.7 Å². The number of anilines is 1. The number of methoxy groups -OCH3 is 1. The van der Waals surface area contributed by atoms with Crippen molar-refractivity contribution in [3.8, 4) is 5.75 Å². The smallest absolute Gasteiger partial charge is 0.224 e. The molecule has 7 heteroatoms. The van der Waals surface area contributed by atoms with Crippen molar-refractivity contribution in [2.75, 3.05) is 38.3 Å². The van der Waals surface area contributed by atoms with Gasteiger partial charge in [-0.2, -0.15) is 0 Å². The molecule has 0 unspecified atom stereocenters. The number of para-hydroxylation sites is 1. The fourth-order valence-corrected chi connectivity index (χ4v) is 2.91. The lowest BCUT2D eigenvalue weighted by Gasteiger charge is -2.28. The zero-order valence-corrected chi connectivity index (χ0v) is 15.2. The molecule has 3 rings (SSSR count). The van der Waals surface area contributed by atoms with Gasteiger partial charge in [0.25, 0.3) is 0 Å². The van der Waals surface area contributed by atoms with Crippen molar-refractivity contribution in [1.29, 1.82) is 0 Å². The van der Waals surface area contributed by atoms with Crippen molar-refractivity contribution in [2.24, 2.45) is 0 Å². The van der Waals surface area contributed by atoms with E-state index in [1.54, 1.807) is 7.11 Å². The predicted molar refractivity (Wildman–Crippen MR) is 98.3 cm³/mol. The normalized spacial score (nSPS) is 14.2. The predicted octanol–water partition coefficient (Wildman–Crippen LogP) is 1.49. The van der Waals surface area contributed by atoms with Crippen LogP contribution < -0.4 is 15.0 Å². The summed E-state index contributed by atoms with van der Waals surface area (Å²) in [5.74, 6) is 2.12. The van der Waals surface area contributed by atoms with E-state index in [0.29, 0.717) is 31.3 Å². The van der Waals surface area contributed by atoms with Gasteiger partial charge >= 0.3 is 0 Å². The maximum absolute atomic E-state index is 12.3. The van der Waals surface area contributed by atoms with Crippen molar-refractivity contribution in [3.05, 3.63) is 47.4 Å². The number of aromatic nitrogens is 2. The zero-order chi connectivity index (χ0) is 18.4. The highest BCUT2D eigenvalue weighted by molar-refractivity contribution is 5.79. The average Bonchev–Trinajstić information content (AvgIpc) is 2.67. The van der Waals surface area contributed by atoms with Crippen LogP contribution in [-0.2, 0) is 22.5 Å². The molecule has 0 atom stereocenters. The van der Waals surface area contributed by atoms with Crippen molar-refractivity contribution in [3.63, 3.8) is 0 Å². The van der Waals surface area contributed by atoms with E-state index in [2.05, 4.69) is 20.2 Å². The van der Waals surface area contributed by atoms with E-state index in [0.717, 1.165) is 30.2 Å². The lowest BCUT2D eigenvalue weighted by molar-refractivity contribution is -0.120. The van der Waals surface area contributed by atoms with Crippen LogP contribution in [0.15, 0.2) is 30.3 Å². The molecule has 0 spiro atoms. The summed E-state index contributed by atoms with van der Waals surface area (Å²) >= 11 is 0. The number of carbonyl (C=O) groups is 1. The maximum atomic E-state index is 12.3. The van der Waals surface area contributed by atoms with Gasteiger partial charge in [-0.25, -0.2) is 9.97 Å². The molecular formula is C19H24N4O3. The minimum absolute atomic E-state index is 0.0903. The number of hydrogen-bond donors (Lipinski definition) is 1. The number of hydrogen-bond acceptors (Lipinski definition) is 6. The third-order valence-corrected chi connectivity index (χ3v) is 4.21. The molecule has 1 aliphatic rings. The Hall–Kier alpha value is -2.67. The van der Waals surface area contributed by atoms with Crippen LogP contribution in [0.5, 0.6) is 5.75 Å². The van der Waals surface area contributed by atoms with E-state index in [4.69, 9.17) is 9.47 Å². The Labute approximate surface area is 153 Å². The summed E-state index contributed by atoms with van der Waals surface area (Å²) in [5, 5.41) is 2.89. The van der Waals surface area contributed by atoms with Crippen LogP contribution in [0.2, 0.25) is 0 Å². The first-order chi connectivity index (χ1) is 12.7. The number of ether oxygens (including phenoxy) is 2. The summed E-state index contributed by atoms with van der Waals surface area (Å²) in [7, 11) is 1.60. The monoisotopic (exact) mass is 356 g/mol. The molecule has 7 nitrogen and oxygen atoms in total. The number of nitrogens with one attached hydrogen (secondary N) is 1. The number of amides is 1. The lowest BCUT2D eigenvalue weighted by Crippen LogP contribution is -2.37. The third-order valence-electron chi connectivity index (χ3n) is 4.21. The van der Waals surface area contributed by atoms with Crippen LogP contribution in [0.1, 0.15) is 17.1 Å². The van der Waals surface area contributed by atoms with E-state index in [1.807, 2.05) is 37.3 Å². The quantitative estimate of drug-likeness (QED) is 0.845. The molecule has 0 radical (unpaired) electrons. The van der Waals surface area contributed by atoms with E-state index >= 15 is 0 Å². The molecule has 2 aromatic rings. The summed E-state index contributed by atoms with van der Waals surface area (Å²) in [6, 6.07) is 9.47. The van der Waals surface area contributed by atoms with Crippen LogP contribution >= 0.6 is 0 Å². The fourth-order valence-electron chi connectivity index (χ4n) is 2.91. The van der Waals surface area contributed by atoms with E-state index in [1.165, 1.54) is 0 Å². The van der Waals surface area contributed by atoms with Crippen LogP contribution in [0.25, 0.3) is 0 Å². The SMILES string of the molecule is COc1ccccc1CC(=O)NCc1nc(C)cc(N2CCOCC2)n1. The average molecular weight is 356 g/mol. The molecule has 2 heterocycles. The topological polar surface area (TPSA) is 76.6 Å². The second-order valence-corrected chi connectivity index (χ2v) is 6.15. The third kappa shape index (κ3) is 4.70. The van der Waals surface area contributed by atoms with Crippen LogP contribution in [-0.4, -0.2) is 49.3 Å². The Kier molecular flexibility index (Phi) is 6.01. The first kappa shape index (κ1) is 18.1. The Morgan fingerprint density at radius 1 is 1.27 bits per heavy atom. The molecule has 1 N–H and O–H groups in total. The molecule has 1 fully saturated rings. The van der Waals surface area contributed by atoms with Gasteiger partial charge in [0.05, 0.1) is 33.3 Å². The highest BCUT2D eigenvalue weighted by Crippen LogP contribution is 2.18. The zero-order valence-electron chi connectivity index (χ0n) is 15.2. The van der Waals surface area contributed by atoms with Crippen molar-refractivity contribution in [1.82, 2.24) is 15.3 Å². The largest absolute Gasteiger partial charge is 0.496 e. The first-order valence-electron chi connectivity index (χ1n) is 8.71. The number of rotatable bonds is 6. The molecule has 0 aliphatic carbocycles. The van der Waals surface area contributed by atoms with Gasteiger partial charge in [0, 0.05) is 30.4 Å². The highest BCUT2D eigenvalue weighted by Gasteiger charge is 2.15. The Morgan fingerprint density at radius 3 is 2.81 bits per heavy atom. The summed E-state index contributed by atoms with van der Waals surface area (Å²) < 4.78 is 10.7. The number of benzene rings is 1. The molecule has 1 saturated heterocycles. The minimum Gasteiger partial charge on any atom is -0.496 e. The van der Waals surface area contributed by atoms with Crippen molar-refractivity contribution in [2.45, 2.75) is 19.9 Å². The van der Waals surface area contributed by atoms with Gasteiger partial charge in [-0.05, 0) is 13.0 Å². The molecule has 1 amide bonds. The van der Waals surface area contributed by atoms with Crippen LogP contribution in [0.4, 0.5) is 5.82 Å². The van der Waals surface area contributed by atoms with E-state index in [-0.39, 0.29) is 12.3 Å². The molecule has 0 saturated carbocycles. The molecule has 1 aromatic carbocycles. The molecule has 138 valence electrons. The molecule has 0 bridgehead atoms. The van der Waals surface area contributed by atoms with E-state index in [9.17, 15) is 4.79 Å². The van der Waals surface area contributed by atoms with Gasteiger partial charge in [-0.15, -0.1) is 0 Å². The Morgan fingerprint density at radius 2 is 2.04 bits per heavy atom. The molecular weight excluding hydrogens is 332 g/mol. The summed E-state index contributed by atoms with van der Waals surface area (Å²) in [4.78, 5) is 23.5. The molecule has 1 aliphatic heterocycles. The second kappa shape index (κ2) is 8.62. The van der Waals surface area contributed by atoms with Crippen LogP contribution in [0.3, 0.4) is 0 Å². The van der Waals surface area contributed by atoms with E-state index < -0.39 is 0 Å². The maximum Gasteiger partial charge on any atom is 0.224 e. The van der Waals surface area contributed by atoms with Gasteiger partial charge in [0.2, 0.25) is 5.91 Å². The standard InChI is InChI=1S/C19H24N4O3/c1-14-11-18(23-7-9-26-10-8-23)22-17(21-14)13-20-19(24)12-15-5-3-4-6-16(15)25-2/h3-6,11H,7-10,12-13H2,1-2H3,(H,20,24). The van der Waals surface area contributed by atoms with Gasteiger partial charge in [0.15, 0.2) is 0 Å². The molecule has 26 heavy (non-hydrogen) atoms. The number of nitrogens with zero attached hydrogens (tertiary/aromatic N) is 3. The van der Waals surface area contributed by atoms with Gasteiger partial charge in [-0.1, -0.05) is 18.2 Å². The summed E-state index contributed by atoms with van der Waals surface area (Å²) in [5.41, 5.74) is 1.74. The second-order valence-electron chi connectivity index (χ2n) is 6.15. The number of carbonyl (C=O) groups excluding carboxylic acids is 1.